The Kier molecular flexibility index (Phi) is 3.27. The minimum absolute atomic E-state index is 0.192. The van der Waals surface area contributed by atoms with E-state index in [-0.39, 0.29) is 17.7 Å². The first-order valence-corrected chi connectivity index (χ1v) is 7.41. The van der Waals surface area contributed by atoms with Crippen LogP contribution in [0.4, 0.5) is 8.78 Å². The fourth-order valence-corrected chi connectivity index (χ4v) is 2.44. The molecule has 0 aromatic heterocycles. The predicted octanol–water partition coefficient (Wildman–Crippen LogP) is 2.01. The number of hydrogen-bond acceptors (Lipinski definition) is 3. The van der Waals surface area contributed by atoms with Crippen molar-refractivity contribution in [2.24, 2.45) is 0 Å². The van der Waals surface area contributed by atoms with Crippen molar-refractivity contribution in [1.29, 1.82) is 0 Å². The molecule has 0 bridgehead atoms. The number of rotatable bonds is 3. The Bertz CT molecular complexity index is 557. The molecule has 0 amide bonds. The van der Waals surface area contributed by atoms with Crippen LogP contribution in [0.5, 0.6) is 5.75 Å². The van der Waals surface area contributed by atoms with Crippen LogP contribution in [-0.2, 0) is 21.9 Å². The largest absolute Gasteiger partial charge is 0.493 e. The van der Waals surface area contributed by atoms with Gasteiger partial charge in [-0.3, -0.25) is 0 Å². The van der Waals surface area contributed by atoms with E-state index in [9.17, 15) is 17.2 Å². The van der Waals surface area contributed by atoms with Crippen LogP contribution in [0.1, 0.15) is 11.1 Å². The average molecular weight is 283 g/mol. The highest BCUT2D eigenvalue weighted by Crippen LogP contribution is 2.32. The molecule has 1 heterocycles. The zero-order valence-electron chi connectivity index (χ0n) is 8.67. The highest BCUT2D eigenvalue weighted by molar-refractivity contribution is 8.13. The molecule has 0 unspecified atom stereocenters. The molecule has 0 saturated heterocycles. The van der Waals surface area contributed by atoms with Gasteiger partial charge in [0.25, 0.3) is 0 Å². The van der Waals surface area contributed by atoms with Crippen LogP contribution in [0, 0.1) is 11.6 Å². The number of hydrogen-bond donors (Lipinski definition) is 0. The second-order valence-electron chi connectivity index (χ2n) is 3.72. The maximum Gasteiger partial charge on any atom is 0.232 e. The van der Waals surface area contributed by atoms with Crippen LogP contribution < -0.4 is 4.74 Å². The Labute approximate surface area is 102 Å². The molecule has 17 heavy (non-hydrogen) atoms. The highest BCUT2D eigenvalue weighted by atomic mass is 35.7. The second-order valence-corrected chi connectivity index (χ2v) is 6.62. The summed E-state index contributed by atoms with van der Waals surface area (Å²) in [7, 11) is 1.25. The van der Waals surface area contributed by atoms with E-state index in [1.54, 1.807) is 0 Å². The molecule has 1 aliphatic heterocycles. The minimum Gasteiger partial charge on any atom is -0.493 e. The van der Waals surface area contributed by atoms with Crippen LogP contribution >= 0.6 is 10.7 Å². The van der Waals surface area contributed by atoms with Crippen LogP contribution in [0.3, 0.4) is 0 Å². The van der Waals surface area contributed by atoms with Crippen molar-refractivity contribution in [3.8, 4) is 5.75 Å². The fourth-order valence-electron chi connectivity index (χ4n) is 1.76. The van der Waals surface area contributed by atoms with Gasteiger partial charge in [-0.2, -0.15) is 0 Å². The van der Waals surface area contributed by atoms with E-state index < -0.39 is 26.4 Å². The zero-order chi connectivity index (χ0) is 12.6. The topological polar surface area (TPSA) is 43.4 Å². The van der Waals surface area contributed by atoms with E-state index in [1.165, 1.54) is 0 Å². The van der Waals surface area contributed by atoms with Crippen molar-refractivity contribution in [1.82, 2.24) is 0 Å². The lowest BCUT2D eigenvalue weighted by Crippen LogP contribution is -2.06. The molecule has 94 valence electrons. The summed E-state index contributed by atoms with van der Waals surface area (Å²) in [6.07, 6.45) is 0.0822. The summed E-state index contributed by atoms with van der Waals surface area (Å²) in [4.78, 5) is 0. The fraction of sp³-hybridized carbons (Fsp3) is 0.400. The number of ether oxygens (including phenoxy) is 1. The molecule has 1 aromatic rings. The van der Waals surface area contributed by atoms with Crippen LogP contribution in [0.15, 0.2) is 6.07 Å². The Hall–Kier alpha value is -0.880. The van der Waals surface area contributed by atoms with Gasteiger partial charge in [0.2, 0.25) is 9.05 Å². The Morgan fingerprint density at radius 3 is 2.76 bits per heavy atom. The van der Waals surface area contributed by atoms with E-state index in [0.29, 0.717) is 18.6 Å². The summed E-state index contributed by atoms with van der Waals surface area (Å²) in [5.41, 5.74) is 0.0480. The summed E-state index contributed by atoms with van der Waals surface area (Å²) < 4.78 is 53.9. The van der Waals surface area contributed by atoms with Gasteiger partial charge in [-0.25, -0.2) is 17.2 Å². The summed E-state index contributed by atoms with van der Waals surface area (Å²) in [6.45, 7) is 0.308. The van der Waals surface area contributed by atoms with Gasteiger partial charge in [0.15, 0.2) is 0 Å². The highest BCUT2D eigenvalue weighted by Gasteiger charge is 2.23. The molecule has 3 nitrogen and oxygen atoms in total. The summed E-state index contributed by atoms with van der Waals surface area (Å²) in [5, 5.41) is 0. The first-order chi connectivity index (χ1) is 7.88. The first-order valence-electron chi connectivity index (χ1n) is 4.93. The van der Waals surface area contributed by atoms with Crippen LogP contribution in [0.25, 0.3) is 0 Å². The molecule has 0 atom stereocenters. The third-order valence-corrected chi connectivity index (χ3v) is 3.73. The maximum atomic E-state index is 13.9. The van der Waals surface area contributed by atoms with Crippen molar-refractivity contribution in [2.75, 3.05) is 12.4 Å². The van der Waals surface area contributed by atoms with Gasteiger partial charge in [-0.1, -0.05) is 0 Å². The zero-order valence-corrected chi connectivity index (χ0v) is 10.2. The molecule has 0 aliphatic carbocycles. The molecule has 0 spiro atoms. The molecule has 1 aromatic carbocycles. The average Bonchev–Trinajstić information content (AvgIpc) is 2.63. The van der Waals surface area contributed by atoms with E-state index in [2.05, 4.69) is 0 Å². The Balaban J connectivity index is 2.35. The Morgan fingerprint density at radius 2 is 2.12 bits per heavy atom. The van der Waals surface area contributed by atoms with Crippen LogP contribution in [-0.4, -0.2) is 20.8 Å². The third kappa shape index (κ3) is 2.69. The number of benzene rings is 1. The van der Waals surface area contributed by atoms with Crippen molar-refractivity contribution in [3.05, 3.63) is 28.8 Å². The molecule has 0 N–H and O–H groups in total. The smallest absolute Gasteiger partial charge is 0.232 e. The first kappa shape index (κ1) is 12.6. The molecule has 1 aliphatic rings. The maximum absolute atomic E-state index is 13.9. The van der Waals surface area contributed by atoms with E-state index in [4.69, 9.17) is 15.4 Å². The number of halogens is 3. The van der Waals surface area contributed by atoms with Gasteiger partial charge in [-0.15, -0.1) is 0 Å². The molecule has 7 heteroatoms. The SMILES string of the molecule is O=S(=O)(Cl)CCc1c(F)cc2c(c1F)CCO2. The Morgan fingerprint density at radius 1 is 1.41 bits per heavy atom. The summed E-state index contributed by atoms with van der Waals surface area (Å²) in [5.74, 6) is -1.83. The lowest BCUT2D eigenvalue weighted by atomic mass is 10.0. The normalized spacial score (nSPS) is 14.5. The van der Waals surface area contributed by atoms with Gasteiger partial charge >= 0.3 is 0 Å². The molecular formula is C10H9ClF2O3S. The second kappa shape index (κ2) is 4.42. The lowest BCUT2D eigenvalue weighted by Gasteiger charge is -2.07. The molecule has 0 fully saturated rings. The van der Waals surface area contributed by atoms with Crippen molar-refractivity contribution < 1.29 is 21.9 Å². The minimum atomic E-state index is -3.76. The van der Waals surface area contributed by atoms with Crippen molar-refractivity contribution in [2.45, 2.75) is 12.8 Å². The van der Waals surface area contributed by atoms with Crippen LogP contribution in [0.2, 0.25) is 0 Å². The molecule has 0 radical (unpaired) electrons. The monoisotopic (exact) mass is 282 g/mol. The molecule has 0 saturated carbocycles. The van der Waals surface area contributed by atoms with Crippen molar-refractivity contribution in [3.63, 3.8) is 0 Å². The lowest BCUT2D eigenvalue weighted by molar-refractivity contribution is 0.355. The van der Waals surface area contributed by atoms with E-state index >= 15 is 0 Å². The van der Waals surface area contributed by atoms with E-state index in [1.807, 2.05) is 0 Å². The molecular weight excluding hydrogens is 274 g/mol. The van der Waals surface area contributed by atoms with Gasteiger partial charge in [0.05, 0.1) is 12.4 Å². The third-order valence-electron chi connectivity index (χ3n) is 2.58. The summed E-state index contributed by atoms with van der Waals surface area (Å²) >= 11 is 0. The van der Waals surface area contributed by atoms with E-state index in [0.717, 1.165) is 6.07 Å². The van der Waals surface area contributed by atoms with Gasteiger partial charge in [0, 0.05) is 34.3 Å². The van der Waals surface area contributed by atoms with Gasteiger partial charge in [-0.05, 0) is 6.42 Å². The quantitative estimate of drug-likeness (QED) is 0.797. The number of fused-ring (bicyclic) bond motifs is 1. The standard InChI is InChI=1S/C10H9ClF2O3S/c11-17(14,15)4-2-6-8(12)5-9-7(10(6)13)1-3-16-9/h5H,1-4H2. The van der Waals surface area contributed by atoms with Crippen molar-refractivity contribution >= 4 is 19.7 Å². The summed E-state index contributed by atoms with van der Waals surface area (Å²) in [6, 6.07) is 1.08. The molecule has 2 rings (SSSR count). The van der Waals surface area contributed by atoms with Gasteiger partial charge in [0.1, 0.15) is 17.4 Å². The van der Waals surface area contributed by atoms with Gasteiger partial charge < -0.3 is 4.74 Å². The predicted molar refractivity (Wildman–Crippen MR) is 58.9 cm³/mol.